The molecule has 0 N–H and O–H groups in total. The van der Waals surface area contributed by atoms with Crippen molar-refractivity contribution < 1.29 is 19.1 Å². The van der Waals surface area contributed by atoms with Gasteiger partial charge in [-0.2, -0.15) is 0 Å². The number of carbonyl (C=O) groups excluding carboxylic acids is 2. The van der Waals surface area contributed by atoms with Crippen LogP contribution in [-0.2, 0) is 19.1 Å². The van der Waals surface area contributed by atoms with Crippen molar-refractivity contribution >= 4 is 11.9 Å². The molecule has 1 rings (SSSR count). The van der Waals surface area contributed by atoms with E-state index in [1.54, 1.807) is 4.90 Å². The van der Waals surface area contributed by atoms with Gasteiger partial charge < -0.3 is 14.4 Å². The van der Waals surface area contributed by atoms with Crippen molar-refractivity contribution in [3.8, 4) is 0 Å². The van der Waals surface area contributed by atoms with E-state index in [1.165, 1.54) is 0 Å². The van der Waals surface area contributed by atoms with Gasteiger partial charge in [-0.15, -0.1) is 0 Å². The van der Waals surface area contributed by atoms with Crippen LogP contribution < -0.4 is 0 Å². The molecule has 0 radical (unpaired) electrons. The minimum absolute atomic E-state index is 0.175. The summed E-state index contributed by atoms with van der Waals surface area (Å²) in [6, 6.07) is 0. The van der Waals surface area contributed by atoms with Gasteiger partial charge in [-0.3, -0.25) is 0 Å². The van der Waals surface area contributed by atoms with Crippen molar-refractivity contribution in [3.05, 3.63) is 24.9 Å². The second kappa shape index (κ2) is 5.31. The number of rotatable bonds is 3. The lowest BCUT2D eigenvalue weighted by atomic mass is 10.3. The van der Waals surface area contributed by atoms with Crippen LogP contribution in [0, 0.1) is 0 Å². The molecule has 0 unspecified atom stereocenters. The molecule has 1 aliphatic heterocycles. The monoisotopic (exact) mass is 211 g/mol. The predicted molar refractivity (Wildman–Crippen MR) is 52.8 cm³/mol. The average molecular weight is 211 g/mol. The fourth-order valence-electron chi connectivity index (χ4n) is 1.15. The maximum atomic E-state index is 11.3. The number of hydrogen-bond donors (Lipinski definition) is 0. The zero-order valence-corrected chi connectivity index (χ0v) is 8.40. The summed E-state index contributed by atoms with van der Waals surface area (Å²) < 4.78 is 9.55. The van der Waals surface area contributed by atoms with Gasteiger partial charge in [0.05, 0.1) is 13.2 Å². The van der Waals surface area contributed by atoms with Gasteiger partial charge in [-0.05, 0) is 0 Å². The fraction of sp³-hybridized carbons (Fsp3) is 0.400. The molecule has 1 saturated heterocycles. The molecule has 5 nitrogen and oxygen atoms in total. The van der Waals surface area contributed by atoms with Gasteiger partial charge >= 0.3 is 11.9 Å². The van der Waals surface area contributed by atoms with Crippen LogP contribution in [0.3, 0.4) is 0 Å². The molecule has 1 aliphatic rings. The lowest BCUT2D eigenvalue weighted by Gasteiger charge is -2.28. The van der Waals surface area contributed by atoms with Crippen LogP contribution in [0.5, 0.6) is 0 Å². The maximum Gasteiger partial charge on any atom is 0.361 e. The molecule has 0 saturated carbocycles. The summed E-state index contributed by atoms with van der Waals surface area (Å²) in [5, 5.41) is 0. The summed E-state index contributed by atoms with van der Waals surface area (Å²) >= 11 is 0. The van der Waals surface area contributed by atoms with Gasteiger partial charge in [0.25, 0.3) is 0 Å². The Balaban J connectivity index is 2.47. The largest absolute Gasteiger partial charge is 0.385 e. The van der Waals surface area contributed by atoms with E-state index in [-0.39, 0.29) is 5.70 Å². The minimum Gasteiger partial charge on any atom is -0.385 e. The van der Waals surface area contributed by atoms with Gasteiger partial charge in [0.2, 0.25) is 0 Å². The van der Waals surface area contributed by atoms with Crippen LogP contribution in [-0.4, -0.2) is 43.1 Å². The number of morpholine rings is 1. The van der Waals surface area contributed by atoms with Crippen LogP contribution in [0.2, 0.25) is 0 Å². The van der Waals surface area contributed by atoms with Crippen molar-refractivity contribution in [2.45, 2.75) is 0 Å². The topological polar surface area (TPSA) is 55.8 Å². The van der Waals surface area contributed by atoms with Crippen LogP contribution in [0.1, 0.15) is 0 Å². The highest BCUT2D eigenvalue weighted by atomic mass is 16.6. The first-order valence-corrected chi connectivity index (χ1v) is 4.55. The van der Waals surface area contributed by atoms with Crippen molar-refractivity contribution in [2.24, 2.45) is 0 Å². The number of hydrogen-bond acceptors (Lipinski definition) is 5. The summed E-state index contributed by atoms with van der Waals surface area (Å²) in [5.74, 6) is -1.50. The molecule has 0 amide bonds. The van der Waals surface area contributed by atoms with Crippen LogP contribution in [0.25, 0.3) is 0 Å². The highest BCUT2D eigenvalue weighted by Gasteiger charge is 2.20. The molecule has 0 aliphatic carbocycles. The van der Waals surface area contributed by atoms with Gasteiger partial charge in [0.1, 0.15) is 5.70 Å². The van der Waals surface area contributed by atoms with Crippen molar-refractivity contribution in [1.82, 2.24) is 4.90 Å². The van der Waals surface area contributed by atoms with E-state index in [0.29, 0.717) is 26.3 Å². The molecule has 0 spiro atoms. The fourth-order valence-corrected chi connectivity index (χ4v) is 1.15. The van der Waals surface area contributed by atoms with E-state index in [1.807, 2.05) is 0 Å². The lowest BCUT2D eigenvalue weighted by molar-refractivity contribution is -0.154. The molecule has 5 heteroatoms. The molecule has 0 aromatic rings. The highest BCUT2D eigenvalue weighted by Crippen LogP contribution is 2.07. The smallest absolute Gasteiger partial charge is 0.361 e. The Morgan fingerprint density at radius 3 is 2.47 bits per heavy atom. The quantitative estimate of drug-likeness (QED) is 0.376. The van der Waals surface area contributed by atoms with Crippen LogP contribution in [0.15, 0.2) is 24.9 Å². The first-order chi connectivity index (χ1) is 7.15. The summed E-state index contributed by atoms with van der Waals surface area (Å²) in [6.07, 6.45) is 0.935. The molecule has 1 fully saturated rings. The maximum absolute atomic E-state index is 11.3. The molecule has 1 heterocycles. The predicted octanol–water partition coefficient (Wildman–Crippen LogP) is 0.0881. The van der Waals surface area contributed by atoms with E-state index >= 15 is 0 Å². The van der Waals surface area contributed by atoms with Gasteiger partial charge in [-0.25, -0.2) is 9.59 Å². The molecule has 0 bridgehead atoms. The summed E-state index contributed by atoms with van der Waals surface area (Å²) in [7, 11) is 0. The van der Waals surface area contributed by atoms with E-state index < -0.39 is 11.9 Å². The Labute approximate surface area is 87.9 Å². The molecule has 0 aromatic carbocycles. The molecule has 15 heavy (non-hydrogen) atoms. The van der Waals surface area contributed by atoms with Crippen LogP contribution >= 0.6 is 0 Å². The lowest BCUT2D eigenvalue weighted by Crippen LogP contribution is -2.38. The number of esters is 2. The Hall–Kier alpha value is -1.62. The van der Waals surface area contributed by atoms with Gasteiger partial charge in [0, 0.05) is 19.2 Å². The molecule has 0 aromatic heterocycles. The van der Waals surface area contributed by atoms with E-state index in [0.717, 1.165) is 6.08 Å². The minimum atomic E-state index is -0.769. The van der Waals surface area contributed by atoms with E-state index in [4.69, 9.17) is 4.74 Å². The van der Waals surface area contributed by atoms with Crippen molar-refractivity contribution in [3.63, 3.8) is 0 Å². The van der Waals surface area contributed by atoms with E-state index in [2.05, 4.69) is 17.9 Å². The summed E-state index contributed by atoms with van der Waals surface area (Å²) in [6.45, 7) is 9.02. The highest BCUT2D eigenvalue weighted by molar-refractivity contribution is 5.98. The first-order valence-electron chi connectivity index (χ1n) is 4.55. The Morgan fingerprint density at radius 1 is 1.33 bits per heavy atom. The Morgan fingerprint density at radius 2 is 1.93 bits per heavy atom. The number of ether oxygens (including phenoxy) is 2. The average Bonchev–Trinajstić information content (AvgIpc) is 2.29. The first kappa shape index (κ1) is 11.5. The molecule has 82 valence electrons. The molecule has 0 atom stereocenters. The SMILES string of the molecule is C=CC(=O)OC(=O)C(=C)N1CCOCC1. The molecular weight excluding hydrogens is 198 g/mol. The molecular formula is C10H13NO4. The zero-order chi connectivity index (χ0) is 11.3. The van der Waals surface area contributed by atoms with Gasteiger partial charge in [0.15, 0.2) is 0 Å². The third-order valence-corrected chi connectivity index (χ3v) is 1.99. The Bertz CT molecular complexity index is 292. The normalized spacial score (nSPS) is 15.6. The third kappa shape index (κ3) is 3.21. The van der Waals surface area contributed by atoms with E-state index in [9.17, 15) is 9.59 Å². The second-order valence-electron chi connectivity index (χ2n) is 2.96. The zero-order valence-electron chi connectivity index (χ0n) is 8.40. The second-order valence-corrected chi connectivity index (χ2v) is 2.96. The van der Waals surface area contributed by atoms with Crippen LogP contribution in [0.4, 0.5) is 0 Å². The van der Waals surface area contributed by atoms with Gasteiger partial charge in [-0.1, -0.05) is 13.2 Å². The summed E-state index contributed by atoms with van der Waals surface area (Å²) in [5.41, 5.74) is 0.175. The number of carbonyl (C=O) groups is 2. The Kier molecular flexibility index (Phi) is 4.05. The number of nitrogens with zero attached hydrogens (tertiary/aromatic N) is 1. The van der Waals surface area contributed by atoms with Crippen molar-refractivity contribution in [2.75, 3.05) is 26.3 Å². The standard InChI is InChI=1S/C10H13NO4/c1-3-9(12)15-10(13)8(2)11-4-6-14-7-5-11/h3H,1-2,4-7H2. The summed E-state index contributed by atoms with van der Waals surface area (Å²) in [4.78, 5) is 23.8. The third-order valence-electron chi connectivity index (χ3n) is 1.99. The van der Waals surface area contributed by atoms with Crippen molar-refractivity contribution in [1.29, 1.82) is 0 Å².